The highest BCUT2D eigenvalue weighted by atomic mass is 16.5. The number of urea groups is 1. The van der Waals surface area contributed by atoms with Gasteiger partial charge >= 0.3 is 6.03 Å². The van der Waals surface area contributed by atoms with Gasteiger partial charge < -0.3 is 19.4 Å². The highest BCUT2D eigenvalue weighted by molar-refractivity contribution is 5.96. The van der Waals surface area contributed by atoms with Gasteiger partial charge in [-0.3, -0.25) is 9.98 Å². The SMILES string of the molecule is C=N/C=C\C1=CCN(CC)C(=O)N1c1cc(C)on1.C=Nc1ccccc1N(C)CCCCO.CC. The fourth-order valence-corrected chi connectivity index (χ4v) is 3.35. The second kappa shape index (κ2) is 16.8. The fraction of sp³-hybridized carbons (Fsp3) is 0.407. The van der Waals surface area contributed by atoms with Crippen LogP contribution in [-0.2, 0) is 0 Å². The molecule has 0 radical (unpaired) electrons. The number of anilines is 2. The van der Waals surface area contributed by atoms with Crippen molar-refractivity contribution in [2.75, 3.05) is 43.1 Å². The summed E-state index contributed by atoms with van der Waals surface area (Å²) in [7, 11) is 2.03. The number of unbranched alkanes of at least 4 members (excludes halogenated alkanes) is 1. The Morgan fingerprint density at radius 3 is 2.56 bits per heavy atom. The van der Waals surface area contributed by atoms with Crippen molar-refractivity contribution in [1.82, 2.24) is 10.1 Å². The molecule has 196 valence electrons. The van der Waals surface area contributed by atoms with Crippen LogP contribution in [0.1, 0.15) is 39.4 Å². The summed E-state index contributed by atoms with van der Waals surface area (Å²) in [5.41, 5.74) is 2.71. The van der Waals surface area contributed by atoms with E-state index in [0.29, 0.717) is 24.7 Å². The lowest BCUT2D eigenvalue weighted by Crippen LogP contribution is -2.46. The first-order valence-corrected chi connectivity index (χ1v) is 12.2. The van der Waals surface area contributed by atoms with Crippen LogP contribution in [0, 0.1) is 6.92 Å². The minimum Gasteiger partial charge on any atom is -0.396 e. The second-order valence-electron chi connectivity index (χ2n) is 7.58. The molecule has 1 aromatic heterocycles. The molecule has 2 heterocycles. The molecule has 0 saturated carbocycles. The summed E-state index contributed by atoms with van der Waals surface area (Å²) in [6.07, 6.45) is 7.03. The summed E-state index contributed by atoms with van der Waals surface area (Å²) in [6.45, 7) is 17.0. The minimum atomic E-state index is -0.123. The molecule has 0 unspecified atom stereocenters. The Kier molecular flexibility index (Phi) is 14.2. The Morgan fingerprint density at radius 1 is 1.25 bits per heavy atom. The molecule has 1 N–H and O–H groups in total. The number of aliphatic imine (C=N–C) groups is 2. The Bertz CT molecular complexity index is 1010. The fourth-order valence-electron chi connectivity index (χ4n) is 3.35. The van der Waals surface area contributed by atoms with Crippen molar-refractivity contribution in [3.05, 3.63) is 60.1 Å². The third-order valence-corrected chi connectivity index (χ3v) is 5.18. The largest absolute Gasteiger partial charge is 0.396 e. The van der Waals surface area contributed by atoms with E-state index in [9.17, 15) is 4.79 Å². The zero-order chi connectivity index (χ0) is 26.9. The molecule has 1 aliphatic heterocycles. The van der Waals surface area contributed by atoms with E-state index in [1.807, 2.05) is 58.2 Å². The first-order chi connectivity index (χ1) is 17.5. The van der Waals surface area contributed by atoms with Gasteiger partial charge in [0.25, 0.3) is 0 Å². The minimum absolute atomic E-state index is 0.123. The predicted molar refractivity (Wildman–Crippen MR) is 150 cm³/mol. The Hall–Kier alpha value is -3.72. The van der Waals surface area contributed by atoms with Crippen molar-refractivity contribution < 1.29 is 14.4 Å². The number of aromatic nitrogens is 1. The summed E-state index contributed by atoms with van der Waals surface area (Å²) < 4.78 is 5.04. The summed E-state index contributed by atoms with van der Waals surface area (Å²) in [5.74, 6) is 1.13. The standard InChI is InChI=1S/C13H16N4O2.C12H18N2O.C2H6/c1-4-16-8-6-11(5-7-14-3)17(13(16)18)12-9-10(2)19-15-12;1-13-11-7-3-4-8-12(11)14(2)9-5-6-10-15;1-2/h5-7,9H,3-4,8H2,1-2H3;3-4,7-8,15H,1,5-6,9-10H2,2H3;1-2H3/b7-5-;;. The van der Waals surface area contributed by atoms with Gasteiger partial charge in [0.2, 0.25) is 0 Å². The summed E-state index contributed by atoms with van der Waals surface area (Å²) in [4.78, 5) is 25.4. The molecule has 0 bridgehead atoms. The summed E-state index contributed by atoms with van der Waals surface area (Å²) >= 11 is 0. The van der Waals surface area contributed by atoms with Gasteiger partial charge in [-0.2, -0.15) is 0 Å². The molecule has 2 amide bonds. The third-order valence-electron chi connectivity index (χ3n) is 5.18. The van der Waals surface area contributed by atoms with Crippen molar-refractivity contribution in [3.63, 3.8) is 0 Å². The molecule has 9 nitrogen and oxygen atoms in total. The van der Waals surface area contributed by atoms with Gasteiger partial charge in [-0.05, 0) is 64.4 Å². The van der Waals surface area contributed by atoms with Crippen molar-refractivity contribution in [1.29, 1.82) is 0 Å². The number of rotatable bonds is 10. The lowest BCUT2D eigenvalue weighted by atomic mass is 10.2. The lowest BCUT2D eigenvalue weighted by molar-refractivity contribution is 0.211. The molecule has 36 heavy (non-hydrogen) atoms. The molecule has 0 aliphatic carbocycles. The van der Waals surface area contributed by atoms with Crippen LogP contribution < -0.4 is 9.80 Å². The second-order valence-corrected chi connectivity index (χ2v) is 7.58. The van der Waals surface area contributed by atoms with E-state index in [2.05, 4.69) is 33.5 Å². The maximum Gasteiger partial charge on any atom is 0.330 e. The van der Waals surface area contributed by atoms with E-state index in [-0.39, 0.29) is 12.6 Å². The molecular weight excluding hydrogens is 456 g/mol. The van der Waals surface area contributed by atoms with E-state index < -0.39 is 0 Å². The van der Waals surface area contributed by atoms with Crippen LogP contribution in [-0.4, -0.2) is 67.9 Å². The highest BCUT2D eigenvalue weighted by Crippen LogP contribution is 2.27. The van der Waals surface area contributed by atoms with Crippen molar-refractivity contribution in [2.45, 2.75) is 40.5 Å². The number of benzene rings is 1. The quantitative estimate of drug-likeness (QED) is 0.341. The van der Waals surface area contributed by atoms with Crippen LogP contribution in [0.2, 0.25) is 0 Å². The number of hydrogen-bond donors (Lipinski definition) is 1. The molecule has 0 fully saturated rings. The van der Waals surface area contributed by atoms with Crippen molar-refractivity contribution in [2.24, 2.45) is 9.98 Å². The number of para-hydroxylation sites is 2. The number of aryl methyl sites for hydroxylation is 1. The number of aliphatic hydroxyl groups excluding tert-OH is 1. The number of amides is 2. The van der Waals surface area contributed by atoms with Crippen LogP contribution in [0.4, 0.5) is 22.0 Å². The van der Waals surface area contributed by atoms with Gasteiger partial charge in [-0.25, -0.2) is 9.69 Å². The van der Waals surface area contributed by atoms with Gasteiger partial charge in [-0.15, -0.1) is 0 Å². The van der Waals surface area contributed by atoms with Crippen molar-refractivity contribution >= 4 is 36.7 Å². The Labute approximate surface area is 215 Å². The number of carbonyl (C=O) groups excluding carboxylic acids is 1. The number of allylic oxidation sites excluding steroid dienone is 1. The van der Waals surface area contributed by atoms with Gasteiger partial charge in [0.15, 0.2) is 5.82 Å². The highest BCUT2D eigenvalue weighted by Gasteiger charge is 2.29. The van der Waals surface area contributed by atoms with Gasteiger partial charge in [0, 0.05) is 45.6 Å². The van der Waals surface area contributed by atoms with Crippen LogP contribution in [0.15, 0.2) is 68.9 Å². The molecule has 3 rings (SSSR count). The maximum atomic E-state index is 12.4. The van der Waals surface area contributed by atoms with Crippen LogP contribution in [0.25, 0.3) is 0 Å². The van der Waals surface area contributed by atoms with E-state index in [4.69, 9.17) is 9.63 Å². The number of likely N-dealkylation sites (N-methyl/N-ethyl adjacent to an activating group) is 1. The number of carbonyl (C=O) groups is 1. The van der Waals surface area contributed by atoms with E-state index in [1.54, 1.807) is 30.2 Å². The monoisotopic (exact) mass is 496 g/mol. The topological polar surface area (TPSA) is 97.8 Å². The lowest BCUT2D eigenvalue weighted by Gasteiger charge is -2.32. The van der Waals surface area contributed by atoms with Gasteiger partial charge in [-0.1, -0.05) is 31.1 Å². The van der Waals surface area contributed by atoms with E-state index in [0.717, 1.165) is 36.5 Å². The molecule has 1 aliphatic rings. The molecule has 2 aromatic rings. The Balaban J connectivity index is 0.000000346. The average molecular weight is 497 g/mol. The number of hydrogen-bond acceptors (Lipinski definition) is 7. The maximum absolute atomic E-state index is 12.4. The third kappa shape index (κ3) is 8.81. The molecule has 0 atom stereocenters. The zero-order valence-electron chi connectivity index (χ0n) is 22.2. The van der Waals surface area contributed by atoms with E-state index >= 15 is 0 Å². The first-order valence-electron chi connectivity index (χ1n) is 12.2. The zero-order valence-corrected chi connectivity index (χ0v) is 22.2. The molecule has 9 heteroatoms. The normalized spacial score (nSPS) is 12.8. The molecule has 1 aromatic carbocycles. The van der Waals surface area contributed by atoms with Crippen LogP contribution >= 0.6 is 0 Å². The molecule has 0 spiro atoms. The summed E-state index contributed by atoms with van der Waals surface area (Å²) in [6, 6.07) is 9.53. The number of aliphatic hydroxyl groups is 1. The number of nitrogens with zero attached hydrogens (tertiary/aromatic N) is 6. The van der Waals surface area contributed by atoms with Crippen LogP contribution in [0.3, 0.4) is 0 Å². The predicted octanol–water partition coefficient (Wildman–Crippen LogP) is 5.60. The summed E-state index contributed by atoms with van der Waals surface area (Å²) in [5, 5.41) is 12.6. The Morgan fingerprint density at radius 2 is 1.97 bits per heavy atom. The first kappa shape index (κ1) is 30.3. The smallest absolute Gasteiger partial charge is 0.330 e. The van der Waals surface area contributed by atoms with Gasteiger partial charge in [0.1, 0.15) is 5.76 Å². The van der Waals surface area contributed by atoms with E-state index in [1.165, 1.54) is 4.90 Å². The average Bonchev–Trinajstić information content (AvgIpc) is 3.34. The molecular formula is C27H40N6O3. The van der Waals surface area contributed by atoms with Crippen molar-refractivity contribution in [3.8, 4) is 0 Å². The molecule has 0 saturated heterocycles. The van der Waals surface area contributed by atoms with Gasteiger partial charge in [0.05, 0.1) is 17.1 Å². The van der Waals surface area contributed by atoms with Crippen LogP contribution in [0.5, 0.6) is 0 Å².